The van der Waals surface area contributed by atoms with Gasteiger partial charge in [0, 0.05) is 12.7 Å². The molecule has 1 aliphatic carbocycles. The smallest absolute Gasteiger partial charge is 0.323 e. The van der Waals surface area contributed by atoms with Crippen molar-refractivity contribution in [2.45, 2.75) is 12.8 Å². The molecule has 15 heavy (non-hydrogen) atoms. The van der Waals surface area contributed by atoms with E-state index in [1.165, 1.54) is 19.2 Å². The van der Waals surface area contributed by atoms with E-state index in [1.807, 2.05) is 0 Å². The predicted molar refractivity (Wildman–Crippen MR) is 54.6 cm³/mol. The molecule has 1 aliphatic rings. The molecule has 0 radical (unpaired) electrons. The third kappa shape index (κ3) is 2.90. The van der Waals surface area contributed by atoms with Gasteiger partial charge in [-0.3, -0.25) is 4.79 Å². The Hall–Kier alpha value is -1.65. The van der Waals surface area contributed by atoms with E-state index in [0.29, 0.717) is 11.7 Å². The van der Waals surface area contributed by atoms with E-state index in [9.17, 15) is 4.79 Å². The molecule has 0 unspecified atom stereocenters. The molecule has 1 N–H and O–H groups in total. The molecular formula is C10H13N3O2. The molecule has 1 aromatic heterocycles. The maximum Gasteiger partial charge on any atom is 0.323 e. The highest BCUT2D eigenvalue weighted by Crippen LogP contribution is 2.30. The number of anilines is 1. The summed E-state index contributed by atoms with van der Waals surface area (Å²) in [7, 11) is 0. The van der Waals surface area contributed by atoms with Crippen molar-refractivity contribution in [1.29, 1.82) is 0 Å². The molecular weight excluding hydrogens is 194 g/mol. The zero-order valence-electron chi connectivity index (χ0n) is 8.33. The van der Waals surface area contributed by atoms with Crippen LogP contribution in [0.1, 0.15) is 12.8 Å². The number of hydrogen-bond donors (Lipinski definition) is 1. The van der Waals surface area contributed by atoms with Crippen LogP contribution in [0.15, 0.2) is 18.6 Å². The second-order valence-electron chi connectivity index (χ2n) is 3.79. The van der Waals surface area contributed by atoms with E-state index >= 15 is 0 Å². The molecule has 0 aliphatic heterocycles. The molecule has 2 rings (SSSR count). The number of aromatic nitrogens is 2. The number of carbonyl (C=O) groups is 1. The molecule has 0 spiro atoms. The molecule has 80 valence electrons. The summed E-state index contributed by atoms with van der Waals surface area (Å²) in [6.07, 6.45) is 5.46. The molecule has 0 aromatic carbocycles. The van der Waals surface area contributed by atoms with Crippen LogP contribution in [0.2, 0.25) is 0 Å². The Morgan fingerprint density at radius 1 is 1.60 bits per heavy atom. The highest BCUT2D eigenvalue weighted by atomic mass is 16.4. The number of carboxylic acid groups (broad SMARTS) is 1. The van der Waals surface area contributed by atoms with Crippen LogP contribution in [0.5, 0.6) is 0 Å². The predicted octanol–water partition coefficient (Wildman–Crippen LogP) is 0.778. The molecule has 0 bridgehead atoms. The Kier molecular flexibility index (Phi) is 2.80. The Morgan fingerprint density at radius 2 is 2.40 bits per heavy atom. The maximum atomic E-state index is 10.7. The lowest BCUT2D eigenvalue weighted by atomic mass is 10.3. The number of aliphatic carboxylic acids is 1. The number of rotatable bonds is 5. The minimum absolute atomic E-state index is 0.00745. The Labute approximate surface area is 87.8 Å². The average Bonchev–Trinajstić information content (AvgIpc) is 3.01. The lowest BCUT2D eigenvalue weighted by Crippen LogP contribution is -2.32. The zero-order valence-corrected chi connectivity index (χ0v) is 8.33. The first-order valence-corrected chi connectivity index (χ1v) is 4.98. The van der Waals surface area contributed by atoms with Gasteiger partial charge in [0.25, 0.3) is 0 Å². The first-order valence-electron chi connectivity index (χ1n) is 4.98. The van der Waals surface area contributed by atoms with E-state index in [0.717, 1.165) is 6.54 Å². The van der Waals surface area contributed by atoms with Crippen molar-refractivity contribution in [3.63, 3.8) is 0 Å². The summed E-state index contributed by atoms with van der Waals surface area (Å²) < 4.78 is 0. The minimum Gasteiger partial charge on any atom is -0.480 e. The summed E-state index contributed by atoms with van der Waals surface area (Å²) in [5.74, 6) is 0.507. The summed E-state index contributed by atoms with van der Waals surface area (Å²) >= 11 is 0. The van der Waals surface area contributed by atoms with Gasteiger partial charge in [-0.25, -0.2) is 9.97 Å². The van der Waals surface area contributed by atoms with Crippen LogP contribution >= 0.6 is 0 Å². The van der Waals surface area contributed by atoms with Gasteiger partial charge in [-0.1, -0.05) is 0 Å². The van der Waals surface area contributed by atoms with Crippen molar-refractivity contribution in [2.75, 3.05) is 18.0 Å². The van der Waals surface area contributed by atoms with Crippen LogP contribution in [0.3, 0.4) is 0 Å². The van der Waals surface area contributed by atoms with Gasteiger partial charge in [-0.15, -0.1) is 0 Å². The fourth-order valence-electron chi connectivity index (χ4n) is 1.49. The highest BCUT2D eigenvalue weighted by Gasteiger charge is 2.25. The third-order valence-corrected chi connectivity index (χ3v) is 2.39. The number of carboxylic acids is 1. The van der Waals surface area contributed by atoms with Crippen molar-refractivity contribution in [3.05, 3.63) is 18.6 Å². The molecule has 1 fully saturated rings. The van der Waals surface area contributed by atoms with E-state index in [4.69, 9.17) is 5.11 Å². The maximum absolute atomic E-state index is 10.7. The molecule has 1 saturated carbocycles. The lowest BCUT2D eigenvalue weighted by molar-refractivity contribution is -0.135. The van der Waals surface area contributed by atoms with Crippen LogP contribution in [0.4, 0.5) is 5.82 Å². The van der Waals surface area contributed by atoms with Crippen molar-refractivity contribution in [1.82, 2.24) is 9.97 Å². The standard InChI is InChI=1S/C10H13N3O2/c14-10(15)6-13(5-8-1-2-8)9-3-4-11-7-12-9/h3-4,7-8H,1-2,5-6H2,(H,14,15). The minimum atomic E-state index is -0.825. The topological polar surface area (TPSA) is 66.3 Å². The quantitative estimate of drug-likeness (QED) is 0.772. The van der Waals surface area contributed by atoms with Crippen LogP contribution in [0, 0.1) is 5.92 Å². The van der Waals surface area contributed by atoms with E-state index in [2.05, 4.69) is 9.97 Å². The molecule has 5 heteroatoms. The fourth-order valence-corrected chi connectivity index (χ4v) is 1.49. The normalized spacial score (nSPS) is 14.9. The Morgan fingerprint density at radius 3 is 2.93 bits per heavy atom. The monoisotopic (exact) mass is 207 g/mol. The van der Waals surface area contributed by atoms with Gasteiger partial charge in [-0.05, 0) is 24.8 Å². The summed E-state index contributed by atoms with van der Waals surface area (Å²) in [4.78, 5) is 20.4. The Balaban J connectivity index is 2.06. The summed E-state index contributed by atoms with van der Waals surface area (Å²) in [6, 6.07) is 1.74. The van der Waals surface area contributed by atoms with Gasteiger partial charge in [0.15, 0.2) is 0 Å². The van der Waals surface area contributed by atoms with Gasteiger partial charge in [0.05, 0.1) is 0 Å². The lowest BCUT2D eigenvalue weighted by Gasteiger charge is -2.20. The zero-order chi connectivity index (χ0) is 10.7. The second-order valence-corrected chi connectivity index (χ2v) is 3.79. The van der Waals surface area contributed by atoms with Crippen molar-refractivity contribution in [3.8, 4) is 0 Å². The van der Waals surface area contributed by atoms with Crippen LogP contribution in [-0.4, -0.2) is 34.1 Å². The first-order chi connectivity index (χ1) is 7.25. The van der Waals surface area contributed by atoms with Gasteiger partial charge in [0.1, 0.15) is 18.7 Å². The van der Waals surface area contributed by atoms with Crippen LogP contribution in [-0.2, 0) is 4.79 Å². The molecule has 0 amide bonds. The van der Waals surface area contributed by atoms with Crippen molar-refractivity contribution in [2.24, 2.45) is 5.92 Å². The van der Waals surface area contributed by atoms with Gasteiger partial charge in [0.2, 0.25) is 0 Å². The molecule has 1 aromatic rings. The average molecular weight is 207 g/mol. The van der Waals surface area contributed by atoms with E-state index in [-0.39, 0.29) is 6.54 Å². The molecule has 0 saturated heterocycles. The van der Waals surface area contributed by atoms with Crippen LogP contribution < -0.4 is 4.90 Å². The van der Waals surface area contributed by atoms with E-state index in [1.54, 1.807) is 17.2 Å². The first kappa shape index (κ1) is 9.89. The molecule has 1 heterocycles. The Bertz CT molecular complexity index is 338. The second kappa shape index (κ2) is 4.25. The number of hydrogen-bond acceptors (Lipinski definition) is 4. The summed E-state index contributed by atoms with van der Waals surface area (Å²) in [5, 5.41) is 8.79. The van der Waals surface area contributed by atoms with Gasteiger partial charge >= 0.3 is 5.97 Å². The van der Waals surface area contributed by atoms with Crippen molar-refractivity contribution < 1.29 is 9.90 Å². The largest absolute Gasteiger partial charge is 0.480 e. The van der Waals surface area contributed by atoms with Crippen LogP contribution in [0.25, 0.3) is 0 Å². The van der Waals surface area contributed by atoms with Gasteiger partial charge in [-0.2, -0.15) is 0 Å². The number of nitrogens with zero attached hydrogens (tertiary/aromatic N) is 3. The third-order valence-electron chi connectivity index (χ3n) is 2.39. The summed E-state index contributed by atoms with van der Waals surface area (Å²) in [6.45, 7) is 0.789. The highest BCUT2D eigenvalue weighted by molar-refractivity contribution is 5.73. The summed E-state index contributed by atoms with van der Waals surface area (Å²) in [5.41, 5.74) is 0. The molecule has 0 atom stereocenters. The molecule has 5 nitrogen and oxygen atoms in total. The van der Waals surface area contributed by atoms with E-state index < -0.39 is 5.97 Å². The van der Waals surface area contributed by atoms with Gasteiger partial charge < -0.3 is 10.0 Å². The van der Waals surface area contributed by atoms with Crippen molar-refractivity contribution >= 4 is 11.8 Å². The fraction of sp³-hybridized carbons (Fsp3) is 0.500. The SMILES string of the molecule is O=C(O)CN(CC1CC1)c1ccncn1.